The van der Waals surface area contributed by atoms with Crippen LogP contribution >= 0.6 is 17.0 Å². The number of aliphatic carboxylic acids is 1. The van der Waals surface area contributed by atoms with E-state index in [9.17, 15) is 9.59 Å². The zero-order valence-electron chi connectivity index (χ0n) is 22.3. The maximum Gasteiger partial charge on any atom is 0.341 e. The van der Waals surface area contributed by atoms with E-state index in [4.69, 9.17) is 24.7 Å². The molecule has 2 N–H and O–H groups in total. The summed E-state index contributed by atoms with van der Waals surface area (Å²) in [5.41, 5.74) is 4.14. The molecule has 2 aromatic rings. The number of carboxylic acids is 1. The van der Waals surface area contributed by atoms with Gasteiger partial charge in [0.15, 0.2) is 18.7 Å². The Morgan fingerprint density at radius 2 is 2.00 bits per heavy atom. The summed E-state index contributed by atoms with van der Waals surface area (Å²) in [5, 5.41) is 17.6. The summed E-state index contributed by atoms with van der Waals surface area (Å²) in [6.45, 7) is 8.97. The molecule has 206 valence electrons. The van der Waals surface area contributed by atoms with Crippen LogP contribution in [-0.2, 0) is 32.8 Å². The van der Waals surface area contributed by atoms with E-state index in [-0.39, 0.29) is 46.9 Å². The predicted octanol–water partition coefficient (Wildman–Crippen LogP) is 4.80. The van der Waals surface area contributed by atoms with Gasteiger partial charge in [0.1, 0.15) is 17.3 Å². The number of amidine groups is 1. The highest BCUT2D eigenvalue weighted by Gasteiger charge is 2.29. The van der Waals surface area contributed by atoms with Gasteiger partial charge >= 0.3 is 5.97 Å². The van der Waals surface area contributed by atoms with Crippen LogP contribution < -0.4 is 4.74 Å². The number of fused-ring (bicyclic) bond motifs is 1. The van der Waals surface area contributed by atoms with E-state index in [1.807, 2.05) is 33.8 Å². The number of carboxylic acid groups (broad SMARTS) is 1. The Balaban J connectivity index is 0.00000400. The van der Waals surface area contributed by atoms with Crippen LogP contribution in [0, 0.1) is 12.3 Å². The van der Waals surface area contributed by atoms with Gasteiger partial charge in [-0.15, -0.1) is 17.0 Å². The third kappa shape index (κ3) is 6.98. The number of nitrogens with one attached hydrogen (secondary N) is 1. The smallest absolute Gasteiger partial charge is 0.341 e. The standard InChI is InChI=1S/C28H35N3O6.BrH/c1-17-20(15-37-25-7-5-6-10-35-25)11-19-13-31(27(29)26(19)30-17)14-22(32)18-8-9-23(36-16-24(33)34)21(12-18)28(2,3)4;/h8-9,11-12,25,29H,5-7,10,13-16H2,1-4H3,(H,33,34);1H. The maximum atomic E-state index is 13.2. The van der Waals surface area contributed by atoms with Crippen molar-refractivity contribution in [3.05, 3.63) is 57.9 Å². The molecule has 1 fully saturated rings. The van der Waals surface area contributed by atoms with Crippen LogP contribution in [0.25, 0.3) is 0 Å². The van der Waals surface area contributed by atoms with E-state index >= 15 is 0 Å². The van der Waals surface area contributed by atoms with Gasteiger partial charge < -0.3 is 24.2 Å². The first-order valence-electron chi connectivity index (χ1n) is 12.6. The fourth-order valence-electron chi connectivity index (χ4n) is 4.58. The third-order valence-electron chi connectivity index (χ3n) is 6.66. The first-order valence-corrected chi connectivity index (χ1v) is 12.6. The molecule has 1 saturated heterocycles. The molecule has 2 aliphatic heterocycles. The number of aryl methyl sites for hydroxylation is 1. The van der Waals surface area contributed by atoms with Gasteiger partial charge in [-0.05, 0) is 61.4 Å². The normalized spacial score (nSPS) is 17.1. The average molecular weight is 591 g/mol. The van der Waals surface area contributed by atoms with Crippen molar-refractivity contribution in [3.8, 4) is 5.75 Å². The summed E-state index contributed by atoms with van der Waals surface area (Å²) in [6.07, 6.45) is 2.87. The van der Waals surface area contributed by atoms with Crippen LogP contribution in [0.3, 0.4) is 0 Å². The number of rotatable bonds is 9. The van der Waals surface area contributed by atoms with Crippen LogP contribution in [0.15, 0.2) is 24.3 Å². The molecule has 1 atom stereocenters. The van der Waals surface area contributed by atoms with Crippen molar-refractivity contribution in [3.63, 3.8) is 0 Å². The lowest BCUT2D eigenvalue weighted by Gasteiger charge is -2.24. The van der Waals surface area contributed by atoms with E-state index in [0.717, 1.165) is 48.3 Å². The minimum absolute atomic E-state index is 0. The van der Waals surface area contributed by atoms with Crippen molar-refractivity contribution in [2.24, 2.45) is 0 Å². The summed E-state index contributed by atoms with van der Waals surface area (Å²) < 4.78 is 17.0. The number of Topliss-reactive ketones (excluding diaryl/α,β-unsaturated/α-hetero) is 1. The molecule has 0 saturated carbocycles. The van der Waals surface area contributed by atoms with Gasteiger partial charge in [-0.1, -0.05) is 20.8 Å². The van der Waals surface area contributed by atoms with E-state index in [1.54, 1.807) is 23.1 Å². The van der Waals surface area contributed by atoms with Crippen molar-refractivity contribution in [1.29, 1.82) is 5.41 Å². The zero-order valence-corrected chi connectivity index (χ0v) is 24.0. The highest BCUT2D eigenvalue weighted by molar-refractivity contribution is 8.93. The summed E-state index contributed by atoms with van der Waals surface area (Å²) >= 11 is 0. The molecule has 3 heterocycles. The van der Waals surface area contributed by atoms with Crippen molar-refractivity contribution in [1.82, 2.24) is 9.88 Å². The molecule has 0 amide bonds. The Hall–Kier alpha value is -2.82. The number of nitrogens with zero attached hydrogens (tertiary/aromatic N) is 2. The minimum atomic E-state index is -1.06. The van der Waals surface area contributed by atoms with Gasteiger partial charge in [-0.2, -0.15) is 0 Å². The van der Waals surface area contributed by atoms with Crippen LogP contribution in [-0.4, -0.2) is 58.6 Å². The monoisotopic (exact) mass is 589 g/mol. The molecule has 1 aromatic heterocycles. The topological polar surface area (TPSA) is 122 Å². The molecule has 0 aliphatic carbocycles. The molecule has 0 radical (unpaired) electrons. The number of hydrogen-bond donors (Lipinski definition) is 2. The molecule has 9 nitrogen and oxygen atoms in total. The van der Waals surface area contributed by atoms with E-state index in [2.05, 4.69) is 4.98 Å². The molecular formula is C28H36BrN3O6. The molecule has 38 heavy (non-hydrogen) atoms. The molecule has 4 rings (SSSR count). The number of carbonyl (C=O) groups is 2. The number of aromatic nitrogens is 1. The average Bonchev–Trinajstić information content (AvgIpc) is 3.15. The number of pyridine rings is 1. The number of hydrogen-bond acceptors (Lipinski definition) is 7. The highest BCUT2D eigenvalue weighted by atomic mass is 79.9. The fourth-order valence-corrected chi connectivity index (χ4v) is 4.58. The van der Waals surface area contributed by atoms with E-state index in [1.165, 1.54) is 0 Å². The van der Waals surface area contributed by atoms with Crippen LogP contribution in [0.4, 0.5) is 0 Å². The lowest BCUT2D eigenvalue weighted by molar-refractivity contribution is -0.169. The zero-order chi connectivity index (χ0) is 26.7. The molecule has 2 aliphatic rings. The van der Waals surface area contributed by atoms with Crippen LogP contribution in [0.2, 0.25) is 0 Å². The molecule has 1 aromatic carbocycles. The minimum Gasteiger partial charge on any atom is -0.482 e. The molecule has 10 heteroatoms. The number of halogens is 1. The van der Waals surface area contributed by atoms with Gasteiger partial charge in [0.05, 0.1) is 13.2 Å². The first-order chi connectivity index (χ1) is 17.5. The largest absolute Gasteiger partial charge is 0.482 e. The number of carbonyl (C=O) groups excluding carboxylic acids is 1. The van der Waals surface area contributed by atoms with Crippen molar-refractivity contribution in [2.75, 3.05) is 19.8 Å². The molecule has 0 bridgehead atoms. The van der Waals surface area contributed by atoms with Crippen molar-refractivity contribution >= 4 is 34.6 Å². The summed E-state index contributed by atoms with van der Waals surface area (Å²) in [4.78, 5) is 30.6. The summed E-state index contributed by atoms with van der Waals surface area (Å²) in [6, 6.07) is 7.07. The van der Waals surface area contributed by atoms with Gasteiger partial charge in [0.2, 0.25) is 0 Å². The summed E-state index contributed by atoms with van der Waals surface area (Å²) in [7, 11) is 0. The van der Waals surface area contributed by atoms with Gasteiger partial charge in [-0.3, -0.25) is 10.2 Å². The quantitative estimate of drug-likeness (QED) is 0.400. The van der Waals surface area contributed by atoms with E-state index in [0.29, 0.717) is 30.2 Å². The Kier molecular flexibility index (Phi) is 9.67. The van der Waals surface area contributed by atoms with Crippen LogP contribution in [0.1, 0.15) is 78.5 Å². The Morgan fingerprint density at radius 3 is 2.66 bits per heavy atom. The lowest BCUT2D eigenvalue weighted by atomic mass is 9.85. The SMILES string of the molecule is Br.Cc1nc2c(cc1COC1CCCCO1)CN(CC(=O)c1ccc(OCC(=O)O)c(C(C)(C)C)c1)C2=N. The molecular weight excluding hydrogens is 554 g/mol. The van der Waals surface area contributed by atoms with Gasteiger partial charge in [0.25, 0.3) is 0 Å². The fraction of sp³-hybridized carbons (Fsp3) is 0.500. The van der Waals surface area contributed by atoms with Crippen LogP contribution in [0.5, 0.6) is 5.75 Å². The second-order valence-electron chi connectivity index (χ2n) is 10.6. The molecule has 1 unspecified atom stereocenters. The maximum absolute atomic E-state index is 13.2. The highest BCUT2D eigenvalue weighted by Crippen LogP contribution is 2.33. The lowest BCUT2D eigenvalue weighted by Crippen LogP contribution is -2.30. The second-order valence-corrected chi connectivity index (χ2v) is 10.6. The number of ether oxygens (including phenoxy) is 3. The number of ketones is 1. The van der Waals surface area contributed by atoms with Crippen molar-refractivity contribution in [2.45, 2.75) is 71.8 Å². The van der Waals surface area contributed by atoms with Gasteiger partial charge in [-0.25, -0.2) is 9.78 Å². The Bertz CT molecular complexity index is 1200. The van der Waals surface area contributed by atoms with Gasteiger partial charge in [0, 0.05) is 35.5 Å². The second kappa shape index (κ2) is 12.4. The Labute approximate surface area is 233 Å². The first kappa shape index (κ1) is 29.7. The Morgan fingerprint density at radius 1 is 1.24 bits per heavy atom. The number of benzene rings is 1. The van der Waals surface area contributed by atoms with E-state index < -0.39 is 12.6 Å². The molecule has 0 spiro atoms. The predicted molar refractivity (Wildman–Crippen MR) is 148 cm³/mol. The summed E-state index contributed by atoms with van der Waals surface area (Å²) in [5.74, 6) is -0.525. The third-order valence-corrected chi connectivity index (χ3v) is 6.66. The van der Waals surface area contributed by atoms with Crippen molar-refractivity contribution < 1.29 is 28.9 Å².